The molecule has 0 radical (unpaired) electrons. The monoisotopic (exact) mass is 483 g/mol. The number of alkyl halides is 5. The molecule has 0 bridgehead atoms. The molecule has 0 amide bonds. The number of aliphatic imine (C=N–C) groups is 1. The predicted molar refractivity (Wildman–Crippen MR) is 93.9 cm³/mol. The second-order valence-electron chi connectivity index (χ2n) is 4.57. The van der Waals surface area contributed by atoms with E-state index >= 15 is 0 Å². The average Bonchev–Trinajstić information content (AvgIpc) is 2.49. The van der Waals surface area contributed by atoms with E-state index in [9.17, 15) is 22.0 Å². The van der Waals surface area contributed by atoms with Gasteiger partial charge in [0.2, 0.25) is 0 Å². The molecule has 25 heavy (non-hydrogen) atoms. The summed E-state index contributed by atoms with van der Waals surface area (Å²) in [4.78, 5) is 3.76. The molecule has 1 rings (SSSR count). The summed E-state index contributed by atoms with van der Waals surface area (Å²) in [5, 5.41) is 5.21. The van der Waals surface area contributed by atoms with Crippen LogP contribution in [-0.4, -0.2) is 39.4 Å². The molecule has 0 saturated carbocycles. The maximum Gasteiger partial charge on any atom is 0.390 e. The molecule has 0 atom stereocenters. The lowest BCUT2D eigenvalue weighted by atomic mass is 10.2. The number of rotatable bonds is 7. The van der Waals surface area contributed by atoms with Gasteiger partial charge >= 0.3 is 12.8 Å². The second-order valence-corrected chi connectivity index (χ2v) is 4.57. The van der Waals surface area contributed by atoms with Gasteiger partial charge in [0.15, 0.2) is 5.96 Å². The molecular weight excluding hydrogens is 464 g/mol. The summed E-state index contributed by atoms with van der Waals surface area (Å²) in [5.74, 6) is 0.350. The highest BCUT2D eigenvalue weighted by Gasteiger charge is 2.26. The van der Waals surface area contributed by atoms with Gasteiger partial charge in [0.25, 0.3) is 0 Å². The molecule has 0 aliphatic rings. The zero-order chi connectivity index (χ0) is 18.2. The van der Waals surface area contributed by atoms with Gasteiger partial charge in [0.05, 0.1) is 13.5 Å². The van der Waals surface area contributed by atoms with Crippen molar-refractivity contribution in [2.24, 2.45) is 4.99 Å². The molecule has 2 N–H and O–H groups in total. The Bertz CT molecular complexity index is 556. The highest BCUT2D eigenvalue weighted by atomic mass is 127. The van der Waals surface area contributed by atoms with Gasteiger partial charge < -0.3 is 20.1 Å². The van der Waals surface area contributed by atoms with E-state index in [1.807, 2.05) is 0 Å². The van der Waals surface area contributed by atoms with Crippen molar-refractivity contribution in [2.75, 3.05) is 20.7 Å². The zero-order valence-electron chi connectivity index (χ0n) is 13.5. The maximum absolute atomic E-state index is 12.5. The van der Waals surface area contributed by atoms with Crippen LogP contribution >= 0.6 is 24.0 Å². The fraction of sp³-hybridized carbons (Fsp3) is 0.500. The summed E-state index contributed by atoms with van der Waals surface area (Å²) in [6.07, 6.45) is -5.30. The van der Waals surface area contributed by atoms with E-state index in [0.29, 0.717) is 11.3 Å². The summed E-state index contributed by atoms with van der Waals surface area (Å²) in [5.41, 5.74) is 0.370. The fourth-order valence-electron chi connectivity index (χ4n) is 1.74. The first kappa shape index (κ1) is 23.5. The van der Waals surface area contributed by atoms with Crippen LogP contribution in [0.2, 0.25) is 0 Å². The van der Waals surface area contributed by atoms with Crippen LogP contribution in [0.3, 0.4) is 0 Å². The quantitative estimate of drug-likeness (QED) is 0.270. The normalized spacial score (nSPS) is 11.8. The first-order chi connectivity index (χ1) is 11.2. The van der Waals surface area contributed by atoms with Gasteiger partial charge in [0.1, 0.15) is 11.5 Å². The van der Waals surface area contributed by atoms with Crippen molar-refractivity contribution < 1.29 is 31.4 Å². The molecule has 5 nitrogen and oxygen atoms in total. The summed E-state index contributed by atoms with van der Waals surface area (Å²) < 4.78 is 70.6. The molecule has 0 aliphatic carbocycles. The number of halogens is 6. The minimum absolute atomic E-state index is 0. The summed E-state index contributed by atoms with van der Waals surface area (Å²) in [6, 6.07) is 4.35. The minimum Gasteiger partial charge on any atom is -0.497 e. The van der Waals surface area contributed by atoms with Crippen molar-refractivity contribution in [3.8, 4) is 11.5 Å². The van der Waals surface area contributed by atoms with Crippen LogP contribution < -0.4 is 20.1 Å². The Morgan fingerprint density at radius 3 is 2.44 bits per heavy atom. The van der Waals surface area contributed by atoms with Gasteiger partial charge in [-0.15, -0.1) is 24.0 Å². The van der Waals surface area contributed by atoms with Crippen LogP contribution in [-0.2, 0) is 6.54 Å². The van der Waals surface area contributed by atoms with Crippen molar-refractivity contribution in [1.82, 2.24) is 10.6 Å². The van der Waals surface area contributed by atoms with Crippen LogP contribution in [0.1, 0.15) is 12.0 Å². The van der Waals surface area contributed by atoms with Crippen molar-refractivity contribution in [2.45, 2.75) is 25.8 Å². The first-order valence-electron chi connectivity index (χ1n) is 6.88. The predicted octanol–water partition coefficient (Wildman–Crippen LogP) is 3.53. The molecule has 0 fully saturated rings. The van der Waals surface area contributed by atoms with Crippen molar-refractivity contribution >= 4 is 29.9 Å². The standard InChI is InChI=1S/C14H18F5N3O2.HI/c1-20-13(21-6-5-14(17,18)19)22-8-9-3-4-10(23-2)7-11(9)24-12(15)16;/h3-4,7,12H,5-6,8H2,1-2H3,(H2,20,21,22);1H. The smallest absolute Gasteiger partial charge is 0.390 e. The third-order valence-corrected chi connectivity index (χ3v) is 2.86. The van der Waals surface area contributed by atoms with E-state index in [1.165, 1.54) is 26.3 Å². The topological polar surface area (TPSA) is 54.9 Å². The largest absolute Gasteiger partial charge is 0.497 e. The van der Waals surface area contributed by atoms with E-state index in [0.717, 1.165) is 0 Å². The third kappa shape index (κ3) is 9.51. The number of hydrogen-bond donors (Lipinski definition) is 2. The summed E-state index contributed by atoms with van der Waals surface area (Å²) in [7, 11) is 2.76. The second kappa shape index (κ2) is 11.2. The Morgan fingerprint density at radius 2 is 1.92 bits per heavy atom. The van der Waals surface area contributed by atoms with Crippen molar-refractivity contribution in [1.29, 1.82) is 0 Å². The zero-order valence-corrected chi connectivity index (χ0v) is 15.8. The molecule has 11 heteroatoms. The van der Waals surface area contributed by atoms with E-state index in [2.05, 4.69) is 20.4 Å². The molecule has 144 valence electrons. The van der Waals surface area contributed by atoms with Gasteiger partial charge in [-0.1, -0.05) is 0 Å². The van der Waals surface area contributed by atoms with Gasteiger partial charge in [-0.3, -0.25) is 4.99 Å². The Hall–Kier alpha value is -1.53. The van der Waals surface area contributed by atoms with E-state index in [-0.39, 0.29) is 48.8 Å². The first-order valence-corrected chi connectivity index (χ1v) is 6.88. The van der Waals surface area contributed by atoms with Crippen LogP contribution in [0.5, 0.6) is 11.5 Å². The molecule has 0 unspecified atom stereocenters. The Balaban J connectivity index is 0.00000576. The number of methoxy groups -OCH3 is 1. The molecule has 1 aromatic rings. The number of benzene rings is 1. The van der Waals surface area contributed by atoms with E-state index in [4.69, 9.17) is 4.74 Å². The number of hydrogen-bond acceptors (Lipinski definition) is 3. The minimum atomic E-state index is -4.28. The van der Waals surface area contributed by atoms with Crippen LogP contribution in [0, 0.1) is 0 Å². The van der Waals surface area contributed by atoms with Gasteiger partial charge in [0, 0.05) is 31.8 Å². The third-order valence-electron chi connectivity index (χ3n) is 2.86. The molecule has 1 aromatic carbocycles. The van der Waals surface area contributed by atoms with E-state index < -0.39 is 19.2 Å². The highest BCUT2D eigenvalue weighted by Crippen LogP contribution is 2.26. The molecule has 0 aliphatic heterocycles. The van der Waals surface area contributed by atoms with E-state index in [1.54, 1.807) is 6.07 Å². The van der Waals surface area contributed by atoms with Crippen molar-refractivity contribution in [3.05, 3.63) is 23.8 Å². The number of guanidine groups is 1. The molecule has 0 aromatic heterocycles. The molecular formula is C14H19F5IN3O2. The Kier molecular flexibility index (Phi) is 10.5. The number of ether oxygens (including phenoxy) is 2. The molecule has 0 heterocycles. The molecule has 0 spiro atoms. The van der Waals surface area contributed by atoms with Gasteiger partial charge in [-0.25, -0.2) is 0 Å². The Morgan fingerprint density at radius 1 is 1.24 bits per heavy atom. The fourth-order valence-corrected chi connectivity index (χ4v) is 1.74. The lowest BCUT2D eigenvalue weighted by Gasteiger charge is -2.15. The van der Waals surface area contributed by atoms with Crippen LogP contribution in [0.15, 0.2) is 23.2 Å². The Labute approximate surface area is 159 Å². The maximum atomic E-state index is 12.5. The van der Waals surface area contributed by atoms with Crippen molar-refractivity contribution in [3.63, 3.8) is 0 Å². The van der Waals surface area contributed by atoms with Crippen LogP contribution in [0.25, 0.3) is 0 Å². The van der Waals surface area contributed by atoms with Crippen LogP contribution in [0.4, 0.5) is 22.0 Å². The lowest BCUT2D eigenvalue weighted by Crippen LogP contribution is -2.38. The summed E-state index contributed by atoms with van der Waals surface area (Å²) in [6.45, 7) is -3.34. The summed E-state index contributed by atoms with van der Waals surface area (Å²) >= 11 is 0. The SMILES string of the molecule is CN=C(NCCC(F)(F)F)NCc1ccc(OC)cc1OC(F)F.I. The number of nitrogens with one attached hydrogen (secondary N) is 2. The average molecular weight is 483 g/mol. The van der Waals surface area contributed by atoms with Gasteiger partial charge in [-0.2, -0.15) is 22.0 Å². The highest BCUT2D eigenvalue weighted by molar-refractivity contribution is 14.0. The lowest BCUT2D eigenvalue weighted by molar-refractivity contribution is -0.132. The van der Waals surface area contributed by atoms with Gasteiger partial charge in [-0.05, 0) is 12.1 Å². The molecule has 0 saturated heterocycles. The number of nitrogens with zero attached hydrogens (tertiary/aromatic N) is 1.